The van der Waals surface area contributed by atoms with E-state index >= 15 is 0 Å². The summed E-state index contributed by atoms with van der Waals surface area (Å²) in [5.74, 6) is -1.61. The van der Waals surface area contributed by atoms with Crippen molar-refractivity contribution in [2.75, 3.05) is 37.9 Å². The first-order valence-electron chi connectivity index (χ1n) is 19.4. The van der Waals surface area contributed by atoms with E-state index in [9.17, 15) is 35.4 Å². The van der Waals surface area contributed by atoms with Crippen LogP contribution >= 0.6 is 21.6 Å². The van der Waals surface area contributed by atoms with Crippen LogP contribution in [0.1, 0.15) is 64.4 Å². The lowest BCUT2D eigenvalue weighted by Crippen LogP contribution is -2.86. The third-order valence-electron chi connectivity index (χ3n) is 12.5. The Kier molecular flexibility index (Phi) is 12.2. The number of ether oxygens (including phenoxy) is 4. The fourth-order valence-corrected chi connectivity index (χ4v) is 12.5. The van der Waals surface area contributed by atoms with Gasteiger partial charge in [-0.3, -0.25) is 4.79 Å². The highest BCUT2D eigenvalue weighted by molar-refractivity contribution is 8.76. The Morgan fingerprint density at radius 2 is 1.93 bits per heavy atom. The van der Waals surface area contributed by atoms with Crippen LogP contribution in [0.5, 0.6) is 11.5 Å². The highest BCUT2D eigenvalue weighted by atomic mass is 33.1. The van der Waals surface area contributed by atoms with E-state index in [1.807, 2.05) is 0 Å². The minimum absolute atomic E-state index is 0.00237. The predicted octanol–water partition coefficient (Wildman–Crippen LogP) is 3.09. The molecule has 54 heavy (non-hydrogen) atoms. The van der Waals surface area contributed by atoms with Crippen molar-refractivity contribution in [3.63, 3.8) is 0 Å². The lowest BCUT2D eigenvalue weighted by molar-refractivity contribution is -0.424. The predicted molar refractivity (Wildman–Crippen MR) is 203 cm³/mol. The Labute approximate surface area is 323 Å². The van der Waals surface area contributed by atoms with Crippen molar-refractivity contribution in [2.24, 2.45) is 23.7 Å². The van der Waals surface area contributed by atoms with Gasteiger partial charge in [0.25, 0.3) is 0 Å². The number of rotatable bonds is 5. The highest BCUT2D eigenvalue weighted by Gasteiger charge is 2.78. The topological polar surface area (TPSA) is 201 Å². The first-order valence-corrected chi connectivity index (χ1v) is 21.9. The summed E-state index contributed by atoms with van der Waals surface area (Å²) < 4.78 is 31.5. The first kappa shape index (κ1) is 40.2. The first-order chi connectivity index (χ1) is 26.0. The van der Waals surface area contributed by atoms with Gasteiger partial charge in [-0.25, -0.2) is 0 Å². The van der Waals surface area contributed by atoms with E-state index in [2.05, 4.69) is 12.2 Å². The van der Waals surface area contributed by atoms with Crippen molar-refractivity contribution in [3.05, 3.63) is 36.1 Å². The molecule has 13 nitrogen and oxygen atoms in total. The summed E-state index contributed by atoms with van der Waals surface area (Å²) in [6.07, 6.45) is 2.32. The maximum atomic E-state index is 13.1. The van der Waals surface area contributed by atoms with Gasteiger partial charge in [-0.15, -0.1) is 0 Å². The van der Waals surface area contributed by atoms with Crippen LogP contribution in [0.2, 0.25) is 0 Å². The Hall–Kier alpha value is -2.05. The molecule has 1 spiro atoms. The molecule has 3 fully saturated rings. The Morgan fingerprint density at radius 1 is 1.09 bits per heavy atom. The number of furan rings is 1. The fraction of sp³-hybridized carbons (Fsp3) is 0.718. The van der Waals surface area contributed by atoms with Gasteiger partial charge in [-0.1, -0.05) is 53.5 Å². The van der Waals surface area contributed by atoms with Crippen molar-refractivity contribution >= 4 is 38.5 Å². The number of carbonyl (C=O) groups is 1. The zero-order valence-corrected chi connectivity index (χ0v) is 32.6. The molecule has 7 rings (SSSR count). The number of esters is 1. The van der Waals surface area contributed by atoms with Gasteiger partial charge in [0.2, 0.25) is 12.0 Å². The molecule has 0 unspecified atom stereocenters. The number of fused-ring (bicyclic) bond motifs is 13. The molecule has 1 aromatic carbocycles. The summed E-state index contributed by atoms with van der Waals surface area (Å²) in [6.45, 7) is 4.33. The van der Waals surface area contributed by atoms with Gasteiger partial charge in [0.15, 0.2) is 16.9 Å². The van der Waals surface area contributed by atoms with Gasteiger partial charge in [0.05, 0.1) is 25.1 Å². The highest BCUT2D eigenvalue weighted by Crippen LogP contribution is 2.61. The molecule has 5 bridgehead atoms. The molecule has 7 N–H and O–H groups in total. The van der Waals surface area contributed by atoms with Crippen LogP contribution in [0.4, 0.5) is 0 Å². The van der Waals surface area contributed by atoms with Crippen LogP contribution in [0.25, 0.3) is 11.0 Å². The Morgan fingerprint density at radius 3 is 2.72 bits per heavy atom. The van der Waals surface area contributed by atoms with Crippen molar-refractivity contribution < 1.29 is 58.8 Å². The van der Waals surface area contributed by atoms with Crippen molar-refractivity contribution in [2.45, 2.75) is 113 Å². The SMILES string of the molecule is CCOC(=O)CCc1cc2ccoc2c2c1O[C@H]1O[C@@]3(CSSC[C@@H](CC[C@@H](C)CCC[C@H]3O)NCCO2)[C@]2(O)C[C@@H]3C=C[C@@H](O)[C@@H](CO)[C@@H]3[C@]1(O)[C@H]2O. The van der Waals surface area contributed by atoms with E-state index in [4.69, 9.17) is 23.4 Å². The standard InChI is InChI=1S/C39H55NO12S2/c1-3-48-30(44)12-9-23-17-24-13-15-49-32(24)34-33(23)51-36-39(47)31-25(8-11-28(42)27(31)19-41)18-37(46,35(39)45)38(52-36)21-54-53-20-26(40-14-16-50-34)10-7-22(2)5-4-6-29(38)43/h8,11,13,15,17,22,25-29,31,35-36,40-43,45-47H,3-7,9-10,12,14,16,18-21H2,1-2H3/t22-,25-,26+,27+,28+,29+,31+,35-,36-,37-,38+,39-/m0/s1. The molecule has 0 radical (unpaired) electrons. The lowest BCUT2D eigenvalue weighted by atomic mass is 9.50. The third kappa shape index (κ3) is 7.09. The van der Waals surface area contributed by atoms with Gasteiger partial charge in [-0.05, 0) is 68.6 Å². The quantitative estimate of drug-likeness (QED) is 0.132. The van der Waals surface area contributed by atoms with Gasteiger partial charge in [0, 0.05) is 54.3 Å². The molecule has 1 aromatic heterocycles. The van der Waals surface area contributed by atoms with E-state index in [1.54, 1.807) is 42.0 Å². The number of hydrogen-bond acceptors (Lipinski definition) is 15. The van der Waals surface area contributed by atoms with Crippen LogP contribution in [0, 0.1) is 23.7 Å². The van der Waals surface area contributed by atoms with Gasteiger partial charge >= 0.3 is 5.97 Å². The Balaban J connectivity index is 1.44. The molecule has 2 aromatic rings. The maximum Gasteiger partial charge on any atom is 0.306 e. The molecule has 1 saturated carbocycles. The zero-order chi connectivity index (χ0) is 38.3. The smallest absolute Gasteiger partial charge is 0.306 e. The maximum absolute atomic E-state index is 13.1. The number of carbonyl (C=O) groups excluding carboxylic acids is 1. The van der Waals surface area contributed by atoms with Crippen LogP contribution in [0.3, 0.4) is 0 Å². The summed E-state index contributed by atoms with van der Waals surface area (Å²) in [7, 11) is 3.02. The number of benzene rings is 1. The number of aryl methyl sites for hydroxylation is 1. The molecule has 12 atom stereocenters. The van der Waals surface area contributed by atoms with Crippen molar-refractivity contribution in [1.82, 2.24) is 5.32 Å². The second-order valence-electron chi connectivity index (χ2n) is 15.8. The van der Waals surface area contributed by atoms with Crippen molar-refractivity contribution in [3.8, 4) is 11.5 Å². The lowest BCUT2D eigenvalue weighted by Gasteiger charge is -2.67. The van der Waals surface area contributed by atoms with E-state index in [0.717, 1.165) is 25.0 Å². The number of nitrogens with one attached hydrogen (secondary N) is 1. The van der Waals surface area contributed by atoms with E-state index in [-0.39, 0.29) is 62.2 Å². The second-order valence-corrected chi connectivity index (χ2v) is 18.3. The summed E-state index contributed by atoms with van der Waals surface area (Å²) >= 11 is 0. The summed E-state index contributed by atoms with van der Waals surface area (Å²) in [6, 6.07) is 3.71. The van der Waals surface area contributed by atoms with Crippen LogP contribution in [-0.4, -0.2) is 122 Å². The molecule has 2 saturated heterocycles. The number of allylic oxidation sites excluding steroid dienone is 1. The van der Waals surface area contributed by atoms with Crippen LogP contribution in [-0.2, 0) is 20.7 Å². The largest absolute Gasteiger partial charge is 0.485 e. The minimum Gasteiger partial charge on any atom is -0.485 e. The van der Waals surface area contributed by atoms with Gasteiger partial charge in [0.1, 0.15) is 23.9 Å². The van der Waals surface area contributed by atoms with E-state index in [0.29, 0.717) is 35.4 Å². The normalized spacial score (nSPS) is 40.2. The molecular weight excluding hydrogens is 739 g/mol. The molecule has 15 heteroatoms. The summed E-state index contributed by atoms with van der Waals surface area (Å²) in [5.41, 5.74) is -5.58. The zero-order valence-electron chi connectivity index (χ0n) is 30.9. The molecule has 5 aliphatic rings. The molecule has 300 valence electrons. The van der Waals surface area contributed by atoms with E-state index < -0.39 is 71.7 Å². The Bertz CT molecular complexity index is 1660. The third-order valence-corrected chi connectivity index (χ3v) is 15.0. The molecular formula is C39H55NO12S2. The average molecular weight is 794 g/mol. The summed E-state index contributed by atoms with van der Waals surface area (Å²) in [5, 5.41) is 77.1. The fourth-order valence-electron chi connectivity index (χ4n) is 9.59. The van der Waals surface area contributed by atoms with Crippen LogP contribution in [0.15, 0.2) is 35.0 Å². The molecule has 3 aliphatic heterocycles. The minimum atomic E-state index is -2.43. The molecule has 2 aliphatic carbocycles. The van der Waals surface area contributed by atoms with Gasteiger partial charge < -0.3 is 59.3 Å². The molecule has 4 heterocycles. The second kappa shape index (κ2) is 16.4. The van der Waals surface area contributed by atoms with Crippen LogP contribution < -0.4 is 14.8 Å². The average Bonchev–Trinajstić information content (AvgIpc) is 3.62. The summed E-state index contributed by atoms with van der Waals surface area (Å²) in [4.78, 5) is 12.7. The number of aliphatic hydroxyl groups excluding tert-OH is 4. The van der Waals surface area contributed by atoms with E-state index in [1.165, 1.54) is 17.1 Å². The van der Waals surface area contributed by atoms with Crippen molar-refractivity contribution in [1.29, 1.82) is 0 Å². The molecule has 0 amide bonds. The number of aliphatic hydroxyl groups is 6. The monoisotopic (exact) mass is 793 g/mol. The van der Waals surface area contributed by atoms with Gasteiger partial charge in [-0.2, -0.15) is 0 Å². The number of hydrogen-bond donors (Lipinski definition) is 7.